The smallest absolute Gasteiger partial charge is 0.312 e. The van der Waals surface area contributed by atoms with Gasteiger partial charge in [0, 0.05) is 17.1 Å². The predicted molar refractivity (Wildman–Crippen MR) is 105 cm³/mol. The third kappa shape index (κ3) is 4.91. The average molecular weight is 430 g/mol. The van der Waals surface area contributed by atoms with Crippen molar-refractivity contribution in [3.8, 4) is 5.75 Å². The van der Waals surface area contributed by atoms with Crippen molar-refractivity contribution in [2.24, 2.45) is 5.73 Å². The number of benzene rings is 1. The van der Waals surface area contributed by atoms with Crippen LogP contribution in [0, 0.1) is 0 Å². The first-order valence-electron chi connectivity index (χ1n) is 8.02. The number of amides is 3. The molecular weight excluding hydrogens is 414 g/mol. The van der Waals surface area contributed by atoms with E-state index in [0.717, 1.165) is 5.39 Å². The number of carbonyl (C=O) groups excluding carboxylic acids is 2. The molecular formula is C18H16BrN5O3. The van der Waals surface area contributed by atoms with Crippen LogP contribution in [0.15, 0.2) is 53.1 Å². The highest BCUT2D eigenvalue weighted by Crippen LogP contribution is 2.26. The Labute approximate surface area is 163 Å². The molecule has 0 saturated carbocycles. The molecule has 2 aromatic heterocycles. The van der Waals surface area contributed by atoms with Gasteiger partial charge in [-0.3, -0.25) is 4.79 Å². The molecule has 8 nitrogen and oxygen atoms in total. The molecule has 0 unspecified atom stereocenters. The summed E-state index contributed by atoms with van der Waals surface area (Å²) in [5.74, 6) is 0.551. The molecule has 27 heavy (non-hydrogen) atoms. The number of anilines is 1. The van der Waals surface area contributed by atoms with Crippen molar-refractivity contribution in [3.05, 3.63) is 58.7 Å². The van der Waals surface area contributed by atoms with Gasteiger partial charge in [0.25, 0.3) is 5.91 Å². The van der Waals surface area contributed by atoms with Gasteiger partial charge in [-0.15, -0.1) is 0 Å². The van der Waals surface area contributed by atoms with Crippen LogP contribution in [0.3, 0.4) is 0 Å². The van der Waals surface area contributed by atoms with Crippen molar-refractivity contribution >= 4 is 44.7 Å². The fraction of sp³-hybridized carbons (Fsp3) is 0.111. The summed E-state index contributed by atoms with van der Waals surface area (Å²) in [4.78, 5) is 31.7. The molecule has 138 valence electrons. The van der Waals surface area contributed by atoms with E-state index in [4.69, 9.17) is 10.5 Å². The number of ether oxygens (including phenoxy) is 1. The number of fused-ring (bicyclic) bond motifs is 1. The van der Waals surface area contributed by atoms with E-state index >= 15 is 0 Å². The topological polar surface area (TPSA) is 119 Å². The Morgan fingerprint density at radius 1 is 1.19 bits per heavy atom. The fourth-order valence-corrected chi connectivity index (χ4v) is 2.66. The number of pyridine rings is 2. The normalized spacial score (nSPS) is 10.4. The van der Waals surface area contributed by atoms with Gasteiger partial charge < -0.3 is 21.1 Å². The van der Waals surface area contributed by atoms with Gasteiger partial charge in [0.05, 0.1) is 11.0 Å². The van der Waals surface area contributed by atoms with Gasteiger partial charge in [-0.1, -0.05) is 0 Å². The Kier molecular flexibility index (Phi) is 5.82. The molecule has 0 spiro atoms. The minimum atomic E-state index is -0.622. The number of halogens is 1. The molecule has 0 aliphatic heterocycles. The van der Waals surface area contributed by atoms with E-state index in [9.17, 15) is 9.59 Å². The molecule has 3 amide bonds. The summed E-state index contributed by atoms with van der Waals surface area (Å²) in [5.41, 5.74) is 5.95. The van der Waals surface area contributed by atoms with Crippen LogP contribution in [0.4, 0.5) is 10.6 Å². The highest BCUT2D eigenvalue weighted by Gasteiger charge is 2.11. The average Bonchev–Trinajstić information content (AvgIpc) is 2.66. The summed E-state index contributed by atoms with van der Waals surface area (Å²) in [6, 6.07) is 11.6. The second-order valence-corrected chi connectivity index (χ2v) is 6.34. The number of rotatable bonds is 6. The first-order chi connectivity index (χ1) is 13.0. The Hall–Kier alpha value is -3.20. The van der Waals surface area contributed by atoms with Crippen LogP contribution in [0.5, 0.6) is 5.75 Å². The van der Waals surface area contributed by atoms with E-state index in [2.05, 4.69) is 36.5 Å². The number of nitrogens with one attached hydrogen (secondary N) is 2. The van der Waals surface area contributed by atoms with E-state index in [1.165, 1.54) is 0 Å². The highest BCUT2D eigenvalue weighted by atomic mass is 79.9. The molecule has 0 fully saturated rings. The quantitative estimate of drug-likeness (QED) is 0.520. The summed E-state index contributed by atoms with van der Waals surface area (Å²) in [7, 11) is 0. The maximum absolute atomic E-state index is 12.5. The molecule has 0 aliphatic carbocycles. The lowest BCUT2D eigenvalue weighted by atomic mass is 10.2. The van der Waals surface area contributed by atoms with Gasteiger partial charge in [-0.25, -0.2) is 14.8 Å². The number of carbonyl (C=O) groups is 2. The van der Waals surface area contributed by atoms with Crippen LogP contribution in [0.2, 0.25) is 0 Å². The predicted octanol–water partition coefficient (Wildman–Crippen LogP) is 2.69. The monoisotopic (exact) mass is 429 g/mol. The molecule has 3 aromatic rings. The molecule has 1 aromatic carbocycles. The van der Waals surface area contributed by atoms with E-state index in [0.29, 0.717) is 27.3 Å². The van der Waals surface area contributed by atoms with Crippen molar-refractivity contribution in [2.75, 3.05) is 18.5 Å². The molecule has 0 bridgehead atoms. The third-order valence-corrected chi connectivity index (χ3v) is 4.21. The molecule has 3 rings (SSSR count). The summed E-state index contributed by atoms with van der Waals surface area (Å²) < 4.78 is 6.25. The van der Waals surface area contributed by atoms with Gasteiger partial charge >= 0.3 is 6.03 Å². The lowest BCUT2D eigenvalue weighted by molar-refractivity contribution is 0.102. The molecule has 0 saturated heterocycles. The first kappa shape index (κ1) is 18.6. The van der Waals surface area contributed by atoms with E-state index < -0.39 is 6.03 Å². The molecule has 0 atom stereocenters. The molecule has 0 radical (unpaired) electrons. The Balaban J connectivity index is 1.70. The molecule has 9 heteroatoms. The molecule has 2 heterocycles. The first-order valence-corrected chi connectivity index (χ1v) is 8.81. The summed E-state index contributed by atoms with van der Waals surface area (Å²) >= 11 is 3.37. The van der Waals surface area contributed by atoms with E-state index in [1.807, 2.05) is 18.2 Å². The van der Waals surface area contributed by atoms with Crippen LogP contribution < -0.4 is 21.1 Å². The molecule has 4 N–H and O–H groups in total. The van der Waals surface area contributed by atoms with Crippen molar-refractivity contribution in [1.82, 2.24) is 15.3 Å². The number of aromatic nitrogens is 2. The maximum Gasteiger partial charge on any atom is 0.312 e. The van der Waals surface area contributed by atoms with Crippen LogP contribution >= 0.6 is 15.9 Å². The van der Waals surface area contributed by atoms with Gasteiger partial charge in [-0.2, -0.15) is 0 Å². The third-order valence-electron chi connectivity index (χ3n) is 3.56. The van der Waals surface area contributed by atoms with Gasteiger partial charge in [-0.05, 0) is 58.4 Å². The Morgan fingerprint density at radius 3 is 2.85 bits per heavy atom. The van der Waals surface area contributed by atoms with Crippen LogP contribution in [0.25, 0.3) is 11.0 Å². The number of nitrogens with two attached hydrogens (primary N) is 1. The second-order valence-electron chi connectivity index (χ2n) is 5.49. The Bertz CT molecular complexity index is 996. The van der Waals surface area contributed by atoms with Gasteiger partial charge in [0.2, 0.25) is 0 Å². The number of hydrogen-bond donors (Lipinski definition) is 3. The number of hydrogen-bond acceptors (Lipinski definition) is 5. The molecule has 0 aliphatic rings. The number of primary amides is 1. The van der Waals surface area contributed by atoms with Gasteiger partial charge in [0.1, 0.15) is 18.2 Å². The number of urea groups is 1. The van der Waals surface area contributed by atoms with E-state index in [1.54, 1.807) is 30.5 Å². The minimum absolute atomic E-state index is 0.213. The van der Waals surface area contributed by atoms with Crippen LogP contribution in [-0.2, 0) is 0 Å². The zero-order valence-corrected chi connectivity index (χ0v) is 15.7. The number of nitrogens with zero attached hydrogens (tertiary/aromatic N) is 2. The fourth-order valence-electron chi connectivity index (χ4n) is 2.30. The zero-order valence-electron chi connectivity index (χ0n) is 14.1. The maximum atomic E-state index is 12.5. The zero-order chi connectivity index (χ0) is 19.2. The van der Waals surface area contributed by atoms with Crippen molar-refractivity contribution < 1.29 is 14.3 Å². The van der Waals surface area contributed by atoms with Crippen molar-refractivity contribution in [2.45, 2.75) is 0 Å². The second kappa shape index (κ2) is 8.45. The Morgan fingerprint density at radius 2 is 2.04 bits per heavy atom. The highest BCUT2D eigenvalue weighted by molar-refractivity contribution is 9.10. The van der Waals surface area contributed by atoms with Crippen molar-refractivity contribution in [3.63, 3.8) is 0 Å². The summed E-state index contributed by atoms with van der Waals surface area (Å²) in [6.07, 6.45) is 1.65. The van der Waals surface area contributed by atoms with Crippen molar-refractivity contribution in [1.29, 1.82) is 0 Å². The van der Waals surface area contributed by atoms with Crippen LogP contribution in [0.1, 0.15) is 10.4 Å². The SMILES string of the molecule is NC(=O)NCCOc1cc(C(=O)Nc2ccc3cccnc3n2)ccc1Br. The van der Waals surface area contributed by atoms with E-state index in [-0.39, 0.29) is 19.1 Å². The van der Waals surface area contributed by atoms with Gasteiger partial charge in [0.15, 0.2) is 5.65 Å². The summed E-state index contributed by atoms with van der Waals surface area (Å²) in [6.45, 7) is 0.469. The van der Waals surface area contributed by atoms with Crippen LogP contribution in [-0.4, -0.2) is 35.1 Å². The standard InChI is InChI=1S/C18H16BrN5O3/c19-13-5-3-12(10-14(13)27-9-8-22-18(20)26)17(25)24-15-6-4-11-2-1-7-21-16(11)23-15/h1-7,10H,8-9H2,(H3,20,22,26)(H,21,23,24,25). The summed E-state index contributed by atoms with van der Waals surface area (Å²) in [5, 5.41) is 6.06. The lowest BCUT2D eigenvalue weighted by Gasteiger charge is -2.11. The largest absolute Gasteiger partial charge is 0.491 e. The lowest BCUT2D eigenvalue weighted by Crippen LogP contribution is -2.32. The minimum Gasteiger partial charge on any atom is -0.491 e.